The van der Waals surface area contributed by atoms with Crippen molar-refractivity contribution in [1.82, 2.24) is 14.8 Å². The number of carbonyl (C=O) groups excluding carboxylic acids is 1. The van der Waals surface area contributed by atoms with E-state index in [2.05, 4.69) is 10.2 Å². The molecule has 1 unspecified atom stereocenters. The molecule has 0 fully saturated rings. The van der Waals surface area contributed by atoms with E-state index in [-0.39, 0.29) is 11.7 Å². The second-order valence-electron chi connectivity index (χ2n) is 6.57. The van der Waals surface area contributed by atoms with Crippen molar-refractivity contribution in [3.05, 3.63) is 76.5 Å². The lowest BCUT2D eigenvalue weighted by atomic mass is 10.2. The van der Waals surface area contributed by atoms with Gasteiger partial charge in [0.1, 0.15) is 5.82 Å². The van der Waals surface area contributed by atoms with Gasteiger partial charge in [-0.25, -0.2) is 9.18 Å². The highest BCUT2D eigenvalue weighted by Crippen LogP contribution is 2.27. The Morgan fingerprint density at radius 3 is 2.66 bits per heavy atom. The van der Waals surface area contributed by atoms with Crippen LogP contribution in [0.2, 0.25) is 0 Å². The minimum absolute atomic E-state index is 0.231. The molecule has 0 radical (unpaired) electrons. The number of thiophene rings is 1. The van der Waals surface area contributed by atoms with Crippen molar-refractivity contribution >= 4 is 17.3 Å². The lowest BCUT2D eigenvalue weighted by Gasteiger charge is -2.11. The van der Waals surface area contributed by atoms with Crippen LogP contribution in [0.4, 0.5) is 4.39 Å². The fraction of sp³-hybridized carbons (Fsp3) is 0.190. The molecule has 6 nitrogen and oxygen atoms in total. The second kappa shape index (κ2) is 7.63. The summed E-state index contributed by atoms with van der Waals surface area (Å²) >= 11 is 1.49. The van der Waals surface area contributed by atoms with Crippen molar-refractivity contribution in [2.24, 2.45) is 0 Å². The number of esters is 1. The Labute approximate surface area is 170 Å². The number of hydrogen-bond acceptors (Lipinski definition) is 6. The fourth-order valence-electron chi connectivity index (χ4n) is 3.13. The summed E-state index contributed by atoms with van der Waals surface area (Å²) in [5.41, 5.74) is 2.74. The molecule has 0 aliphatic heterocycles. The molecule has 4 rings (SSSR count). The Morgan fingerprint density at radius 1 is 1.21 bits per heavy atom. The molecule has 1 aromatic carbocycles. The highest BCUT2D eigenvalue weighted by Gasteiger charge is 2.23. The molecule has 8 heteroatoms. The molecule has 0 spiro atoms. The zero-order valence-corrected chi connectivity index (χ0v) is 16.9. The first-order chi connectivity index (χ1) is 13.9. The summed E-state index contributed by atoms with van der Waals surface area (Å²) in [6, 6.07) is 11.6. The van der Waals surface area contributed by atoms with E-state index in [0.29, 0.717) is 17.1 Å². The van der Waals surface area contributed by atoms with E-state index < -0.39 is 12.1 Å². The van der Waals surface area contributed by atoms with Crippen LogP contribution in [0, 0.1) is 19.7 Å². The number of rotatable bonds is 5. The van der Waals surface area contributed by atoms with Gasteiger partial charge in [-0.1, -0.05) is 6.07 Å². The van der Waals surface area contributed by atoms with E-state index >= 15 is 0 Å². The largest absolute Gasteiger partial charge is 0.449 e. The van der Waals surface area contributed by atoms with Crippen molar-refractivity contribution < 1.29 is 18.3 Å². The van der Waals surface area contributed by atoms with Gasteiger partial charge in [0.05, 0.1) is 10.4 Å². The summed E-state index contributed by atoms with van der Waals surface area (Å²) in [5.74, 6) is -0.178. The molecular weight excluding hydrogens is 393 g/mol. The van der Waals surface area contributed by atoms with E-state index in [1.54, 1.807) is 25.1 Å². The van der Waals surface area contributed by atoms with E-state index in [1.165, 1.54) is 23.5 Å². The van der Waals surface area contributed by atoms with E-state index in [4.69, 9.17) is 9.15 Å². The predicted octanol–water partition coefficient (Wildman–Crippen LogP) is 5.26. The minimum Gasteiger partial charge on any atom is -0.449 e. The van der Waals surface area contributed by atoms with Gasteiger partial charge < -0.3 is 13.7 Å². The SMILES string of the molecule is Cc1cc(C(=O)OC(C)c2nnc(-c3cccs3)o2)c(C)n1-c1ccc(F)cc1. The van der Waals surface area contributed by atoms with Crippen LogP contribution in [-0.4, -0.2) is 20.7 Å². The highest BCUT2D eigenvalue weighted by molar-refractivity contribution is 7.13. The van der Waals surface area contributed by atoms with E-state index in [9.17, 15) is 9.18 Å². The monoisotopic (exact) mass is 411 g/mol. The lowest BCUT2D eigenvalue weighted by Crippen LogP contribution is -2.11. The number of aryl methyl sites for hydroxylation is 1. The van der Waals surface area contributed by atoms with E-state index in [1.807, 2.05) is 35.9 Å². The third-order valence-electron chi connectivity index (χ3n) is 4.54. The molecule has 29 heavy (non-hydrogen) atoms. The summed E-state index contributed by atoms with van der Waals surface area (Å²) < 4.78 is 26.3. The van der Waals surface area contributed by atoms with Crippen LogP contribution in [0.15, 0.2) is 52.3 Å². The van der Waals surface area contributed by atoms with Crippen molar-refractivity contribution in [2.45, 2.75) is 26.9 Å². The highest BCUT2D eigenvalue weighted by atomic mass is 32.1. The zero-order chi connectivity index (χ0) is 20.5. The molecule has 0 N–H and O–H groups in total. The molecule has 148 valence electrons. The number of hydrogen-bond donors (Lipinski definition) is 0. The Morgan fingerprint density at radius 2 is 1.97 bits per heavy atom. The average Bonchev–Trinajstić information content (AvgIpc) is 3.43. The van der Waals surface area contributed by atoms with Crippen molar-refractivity contribution in [2.75, 3.05) is 0 Å². The number of ether oxygens (including phenoxy) is 1. The summed E-state index contributed by atoms with van der Waals surface area (Å²) in [7, 11) is 0. The van der Waals surface area contributed by atoms with Crippen LogP contribution in [-0.2, 0) is 4.74 Å². The fourth-order valence-corrected chi connectivity index (χ4v) is 3.77. The lowest BCUT2D eigenvalue weighted by molar-refractivity contribution is 0.0279. The number of aromatic nitrogens is 3. The van der Waals surface area contributed by atoms with Crippen LogP contribution < -0.4 is 0 Å². The molecule has 3 aromatic heterocycles. The minimum atomic E-state index is -0.697. The third kappa shape index (κ3) is 3.71. The Hall–Kier alpha value is -3.26. The average molecular weight is 411 g/mol. The Balaban J connectivity index is 1.54. The number of benzene rings is 1. The van der Waals surface area contributed by atoms with Gasteiger partial charge in [0.15, 0.2) is 6.10 Å². The van der Waals surface area contributed by atoms with Gasteiger partial charge >= 0.3 is 5.97 Å². The van der Waals surface area contributed by atoms with Gasteiger partial charge in [0.25, 0.3) is 11.8 Å². The molecule has 0 saturated heterocycles. The number of halogens is 1. The molecule has 4 aromatic rings. The van der Waals surface area contributed by atoms with Crippen LogP contribution >= 0.6 is 11.3 Å². The predicted molar refractivity (Wildman–Crippen MR) is 107 cm³/mol. The summed E-state index contributed by atoms with van der Waals surface area (Å²) in [5, 5.41) is 9.92. The smallest absolute Gasteiger partial charge is 0.340 e. The van der Waals surface area contributed by atoms with Crippen molar-refractivity contribution in [3.8, 4) is 16.5 Å². The molecule has 0 aliphatic rings. The maximum Gasteiger partial charge on any atom is 0.340 e. The molecule has 1 atom stereocenters. The van der Waals surface area contributed by atoms with Gasteiger partial charge in [-0.2, -0.15) is 0 Å². The molecular formula is C21H18FN3O3S. The standard InChI is InChI=1S/C21H18FN3O3S/c1-12-11-17(13(2)25(12)16-8-6-15(22)7-9-16)21(26)27-14(3)19-23-24-20(28-19)18-5-4-10-29-18/h4-11,14H,1-3H3. The molecule has 3 heterocycles. The third-order valence-corrected chi connectivity index (χ3v) is 5.40. The summed E-state index contributed by atoms with van der Waals surface area (Å²) in [6.07, 6.45) is -0.697. The normalized spacial score (nSPS) is 12.1. The van der Waals surface area contributed by atoms with E-state index in [0.717, 1.165) is 16.3 Å². The van der Waals surface area contributed by atoms with Gasteiger partial charge in [-0.3, -0.25) is 0 Å². The maximum atomic E-state index is 13.2. The molecule has 0 bridgehead atoms. The molecule has 0 amide bonds. The first kappa shape index (κ1) is 19.1. The van der Waals surface area contributed by atoms with Crippen molar-refractivity contribution in [1.29, 1.82) is 0 Å². The van der Waals surface area contributed by atoms with Crippen LogP contribution in [0.3, 0.4) is 0 Å². The van der Waals surface area contributed by atoms with Gasteiger partial charge in [-0.05, 0) is 62.5 Å². The number of nitrogens with zero attached hydrogens (tertiary/aromatic N) is 3. The van der Waals surface area contributed by atoms with Gasteiger partial charge in [0, 0.05) is 17.1 Å². The molecule has 0 saturated carbocycles. The van der Waals surface area contributed by atoms with Crippen LogP contribution in [0.25, 0.3) is 16.5 Å². The first-order valence-electron chi connectivity index (χ1n) is 8.97. The molecule has 0 aliphatic carbocycles. The van der Waals surface area contributed by atoms with Gasteiger partial charge in [-0.15, -0.1) is 21.5 Å². The first-order valence-corrected chi connectivity index (χ1v) is 9.85. The maximum absolute atomic E-state index is 13.2. The second-order valence-corrected chi connectivity index (χ2v) is 7.51. The van der Waals surface area contributed by atoms with Gasteiger partial charge in [0.2, 0.25) is 0 Å². The summed E-state index contributed by atoms with van der Waals surface area (Å²) in [4.78, 5) is 13.6. The Bertz CT molecular complexity index is 1150. The number of carbonyl (C=O) groups is 1. The zero-order valence-electron chi connectivity index (χ0n) is 16.0. The van der Waals surface area contributed by atoms with Crippen LogP contribution in [0.5, 0.6) is 0 Å². The topological polar surface area (TPSA) is 70.2 Å². The Kier molecular flexibility index (Phi) is 5.02. The quantitative estimate of drug-likeness (QED) is 0.419. The summed E-state index contributed by atoms with van der Waals surface area (Å²) in [6.45, 7) is 5.38. The van der Waals surface area contributed by atoms with Crippen molar-refractivity contribution in [3.63, 3.8) is 0 Å². The van der Waals surface area contributed by atoms with Crippen LogP contribution in [0.1, 0.15) is 40.7 Å².